The predicted octanol–water partition coefficient (Wildman–Crippen LogP) is 4.53. The van der Waals surface area contributed by atoms with Crippen LogP contribution < -0.4 is 0 Å². The molecule has 21 heavy (non-hydrogen) atoms. The molecule has 0 aromatic heterocycles. The van der Waals surface area contributed by atoms with E-state index in [1.807, 2.05) is 0 Å². The van der Waals surface area contributed by atoms with E-state index in [4.69, 9.17) is 16.3 Å². The van der Waals surface area contributed by atoms with E-state index in [0.717, 1.165) is 4.47 Å². The van der Waals surface area contributed by atoms with E-state index in [9.17, 15) is 9.59 Å². The summed E-state index contributed by atoms with van der Waals surface area (Å²) in [6, 6.07) is 13.2. The molecule has 3 nitrogen and oxygen atoms in total. The molecule has 0 radical (unpaired) electrons. The maximum absolute atomic E-state index is 12.1. The SMILES string of the molecule is CC(OC(=O)c1ccc(Br)cc1)C(=O)c1ccc(Cl)cc1. The van der Waals surface area contributed by atoms with Crippen molar-refractivity contribution in [2.24, 2.45) is 0 Å². The second-order valence-electron chi connectivity index (χ2n) is 4.43. The number of halogens is 2. The van der Waals surface area contributed by atoms with Gasteiger partial charge in [-0.3, -0.25) is 4.79 Å². The number of carbonyl (C=O) groups excluding carboxylic acids is 2. The summed E-state index contributed by atoms with van der Waals surface area (Å²) in [5.74, 6) is -0.797. The molecule has 0 aliphatic heterocycles. The van der Waals surface area contributed by atoms with E-state index in [1.54, 1.807) is 55.5 Å². The summed E-state index contributed by atoms with van der Waals surface area (Å²) in [5, 5.41) is 0.547. The molecule has 108 valence electrons. The molecule has 5 heteroatoms. The quantitative estimate of drug-likeness (QED) is 0.589. The first-order valence-electron chi connectivity index (χ1n) is 6.23. The molecule has 1 unspecified atom stereocenters. The van der Waals surface area contributed by atoms with Crippen molar-refractivity contribution in [2.75, 3.05) is 0 Å². The number of rotatable bonds is 4. The van der Waals surface area contributed by atoms with Gasteiger partial charge in [0.25, 0.3) is 0 Å². The van der Waals surface area contributed by atoms with Crippen molar-refractivity contribution in [3.8, 4) is 0 Å². The molecule has 0 aliphatic carbocycles. The number of Topliss-reactive ketones (excluding diaryl/α,β-unsaturated/α-hetero) is 1. The Bertz CT molecular complexity index is 650. The van der Waals surface area contributed by atoms with E-state index >= 15 is 0 Å². The summed E-state index contributed by atoms with van der Waals surface area (Å²) < 4.78 is 6.05. The Morgan fingerprint density at radius 2 is 1.52 bits per heavy atom. The zero-order valence-electron chi connectivity index (χ0n) is 11.2. The van der Waals surface area contributed by atoms with Crippen molar-refractivity contribution < 1.29 is 14.3 Å². The molecule has 0 saturated carbocycles. The normalized spacial score (nSPS) is 11.8. The number of ether oxygens (including phenoxy) is 1. The van der Waals surface area contributed by atoms with Crippen LogP contribution in [0.5, 0.6) is 0 Å². The summed E-state index contributed by atoms with van der Waals surface area (Å²) in [6.07, 6.45) is -0.859. The summed E-state index contributed by atoms with van der Waals surface area (Å²) in [4.78, 5) is 24.1. The second kappa shape index (κ2) is 6.87. The average molecular weight is 368 g/mol. The van der Waals surface area contributed by atoms with Gasteiger partial charge in [0.2, 0.25) is 5.78 Å². The highest BCUT2D eigenvalue weighted by atomic mass is 79.9. The fourth-order valence-electron chi connectivity index (χ4n) is 1.72. The molecule has 0 aliphatic rings. The standard InChI is InChI=1S/C16H12BrClO3/c1-10(15(19)11-4-8-14(18)9-5-11)21-16(20)12-2-6-13(17)7-3-12/h2-10H,1H3. The van der Waals surface area contributed by atoms with E-state index < -0.39 is 12.1 Å². The largest absolute Gasteiger partial charge is 0.451 e. The highest BCUT2D eigenvalue weighted by molar-refractivity contribution is 9.10. The van der Waals surface area contributed by atoms with Crippen LogP contribution in [0.4, 0.5) is 0 Å². The third kappa shape index (κ3) is 4.16. The van der Waals surface area contributed by atoms with Crippen molar-refractivity contribution in [2.45, 2.75) is 13.0 Å². The van der Waals surface area contributed by atoms with Gasteiger partial charge in [0, 0.05) is 15.1 Å². The first kappa shape index (κ1) is 15.7. The summed E-state index contributed by atoms with van der Waals surface area (Å²) in [5.41, 5.74) is 0.851. The summed E-state index contributed by atoms with van der Waals surface area (Å²) in [6.45, 7) is 1.55. The van der Waals surface area contributed by atoms with Gasteiger partial charge in [-0.15, -0.1) is 0 Å². The molecular formula is C16H12BrClO3. The van der Waals surface area contributed by atoms with Gasteiger partial charge in [-0.25, -0.2) is 4.79 Å². The minimum atomic E-state index is -0.859. The fraction of sp³-hybridized carbons (Fsp3) is 0.125. The number of hydrogen-bond donors (Lipinski definition) is 0. The van der Waals surface area contributed by atoms with Gasteiger partial charge in [0.1, 0.15) is 0 Å². The molecule has 0 N–H and O–H groups in total. The molecule has 2 aromatic rings. The van der Waals surface area contributed by atoms with Gasteiger partial charge >= 0.3 is 5.97 Å². The lowest BCUT2D eigenvalue weighted by Gasteiger charge is -2.12. The van der Waals surface area contributed by atoms with Crippen LogP contribution in [-0.2, 0) is 4.74 Å². The van der Waals surface area contributed by atoms with Crippen LogP contribution in [0.15, 0.2) is 53.0 Å². The summed E-state index contributed by atoms with van der Waals surface area (Å²) in [7, 11) is 0. The topological polar surface area (TPSA) is 43.4 Å². The van der Waals surface area contributed by atoms with Crippen molar-refractivity contribution in [1.82, 2.24) is 0 Å². The van der Waals surface area contributed by atoms with Gasteiger partial charge in [0.05, 0.1) is 5.56 Å². The van der Waals surface area contributed by atoms with E-state index in [0.29, 0.717) is 16.1 Å². The number of hydrogen-bond acceptors (Lipinski definition) is 3. The smallest absolute Gasteiger partial charge is 0.338 e. The van der Waals surface area contributed by atoms with Crippen molar-refractivity contribution in [3.05, 3.63) is 69.2 Å². The maximum atomic E-state index is 12.1. The Labute approximate surface area is 136 Å². The van der Waals surface area contributed by atoms with Crippen LogP contribution in [-0.4, -0.2) is 17.9 Å². The first-order chi connectivity index (χ1) is 9.97. The van der Waals surface area contributed by atoms with Crippen molar-refractivity contribution in [3.63, 3.8) is 0 Å². The Balaban J connectivity index is 2.05. The van der Waals surface area contributed by atoms with Crippen LogP contribution in [0.3, 0.4) is 0 Å². The Kier molecular flexibility index (Phi) is 5.15. The Hall–Kier alpha value is -1.65. The molecule has 0 spiro atoms. The highest BCUT2D eigenvalue weighted by Crippen LogP contribution is 2.15. The Morgan fingerprint density at radius 3 is 2.10 bits per heavy atom. The van der Waals surface area contributed by atoms with Crippen molar-refractivity contribution in [1.29, 1.82) is 0 Å². The van der Waals surface area contributed by atoms with Crippen LogP contribution in [0.25, 0.3) is 0 Å². The minimum absolute atomic E-state index is 0.267. The van der Waals surface area contributed by atoms with E-state index in [2.05, 4.69) is 15.9 Å². The Morgan fingerprint density at radius 1 is 1.00 bits per heavy atom. The van der Waals surface area contributed by atoms with Crippen LogP contribution in [0, 0.1) is 0 Å². The molecular weight excluding hydrogens is 356 g/mol. The van der Waals surface area contributed by atoms with Gasteiger partial charge < -0.3 is 4.74 Å². The molecule has 1 atom stereocenters. The lowest BCUT2D eigenvalue weighted by molar-refractivity contribution is 0.0319. The molecule has 0 amide bonds. The molecule has 0 saturated heterocycles. The fourth-order valence-corrected chi connectivity index (χ4v) is 2.11. The lowest BCUT2D eigenvalue weighted by atomic mass is 10.1. The zero-order chi connectivity index (χ0) is 15.4. The van der Waals surface area contributed by atoms with E-state index in [1.165, 1.54) is 0 Å². The molecule has 2 aromatic carbocycles. The van der Waals surface area contributed by atoms with Gasteiger partial charge in [-0.2, -0.15) is 0 Å². The van der Waals surface area contributed by atoms with Gasteiger partial charge in [-0.05, 0) is 55.5 Å². The third-order valence-corrected chi connectivity index (χ3v) is 3.64. The van der Waals surface area contributed by atoms with Crippen LogP contribution in [0.1, 0.15) is 27.6 Å². The third-order valence-electron chi connectivity index (χ3n) is 2.86. The van der Waals surface area contributed by atoms with Gasteiger partial charge in [0.15, 0.2) is 6.10 Å². The first-order valence-corrected chi connectivity index (χ1v) is 7.41. The molecule has 0 heterocycles. The van der Waals surface area contributed by atoms with Gasteiger partial charge in [-0.1, -0.05) is 27.5 Å². The lowest BCUT2D eigenvalue weighted by Crippen LogP contribution is -2.24. The van der Waals surface area contributed by atoms with Crippen LogP contribution >= 0.6 is 27.5 Å². The maximum Gasteiger partial charge on any atom is 0.338 e. The second-order valence-corrected chi connectivity index (χ2v) is 5.78. The highest BCUT2D eigenvalue weighted by Gasteiger charge is 2.20. The number of esters is 1. The average Bonchev–Trinajstić information content (AvgIpc) is 2.47. The molecule has 0 bridgehead atoms. The predicted molar refractivity (Wildman–Crippen MR) is 84.8 cm³/mol. The van der Waals surface area contributed by atoms with Crippen LogP contribution in [0.2, 0.25) is 5.02 Å². The van der Waals surface area contributed by atoms with Crippen molar-refractivity contribution >= 4 is 39.3 Å². The number of carbonyl (C=O) groups is 2. The zero-order valence-corrected chi connectivity index (χ0v) is 13.5. The summed E-state index contributed by atoms with van der Waals surface area (Å²) >= 11 is 9.06. The molecule has 0 fully saturated rings. The molecule has 2 rings (SSSR count). The monoisotopic (exact) mass is 366 g/mol. The number of ketones is 1. The van der Waals surface area contributed by atoms with E-state index in [-0.39, 0.29) is 5.78 Å². The minimum Gasteiger partial charge on any atom is -0.451 e. The number of benzene rings is 2.